The molecular formula is C23H25F6N3O7. The number of carbonyl (C=O) groups excluding carboxylic acids is 1. The summed E-state index contributed by atoms with van der Waals surface area (Å²) in [6, 6.07) is 7.97. The fraction of sp³-hybridized carbons (Fsp3) is 0.478. The summed E-state index contributed by atoms with van der Waals surface area (Å²) in [5, 5.41) is 17.2. The van der Waals surface area contributed by atoms with Gasteiger partial charge in [-0.3, -0.25) is 14.7 Å². The Kier molecular flexibility index (Phi) is 11.3. The minimum absolute atomic E-state index is 0.155. The predicted molar refractivity (Wildman–Crippen MR) is 119 cm³/mol. The molecule has 0 spiro atoms. The SMILES string of the molecule is O=C(NCC1CCC2C1OCCN2Cc1ccncc1)c1ccco1.O=C(O)C(F)(F)F.O=C(O)C(F)(F)F. The average molecular weight is 569 g/mol. The van der Waals surface area contributed by atoms with E-state index in [0.717, 1.165) is 32.5 Å². The molecule has 3 heterocycles. The summed E-state index contributed by atoms with van der Waals surface area (Å²) in [7, 11) is 0. The highest BCUT2D eigenvalue weighted by Gasteiger charge is 2.42. The quantitative estimate of drug-likeness (QED) is 0.462. The number of rotatable bonds is 5. The number of aliphatic carboxylic acids is 2. The first-order valence-electron chi connectivity index (χ1n) is 11.4. The van der Waals surface area contributed by atoms with E-state index in [1.54, 1.807) is 12.1 Å². The van der Waals surface area contributed by atoms with Crippen molar-refractivity contribution in [2.45, 2.75) is 43.9 Å². The highest BCUT2D eigenvalue weighted by molar-refractivity contribution is 5.91. The number of nitrogens with zero attached hydrogens (tertiary/aromatic N) is 2. The van der Waals surface area contributed by atoms with Gasteiger partial charge in [0.15, 0.2) is 5.76 Å². The van der Waals surface area contributed by atoms with Crippen molar-refractivity contribution < 1.29 is 60.1 Å². The van der Waals surface area contributed by atoms with Crippen molar-refractivity contribution in [3.8, 4) is 0 Å². The topological polar surface area (TPSA) is 142 Å². The van der Waals surface area contributed by atoms with Crippen molar-refractivity contribution in [3.63, 3.8) is 0 Å². The summed E-state index contributed by atoms with van der Waals surface area (Å²) >= 11 is 0. The molecule has 2 aromatic rings. The molecule has 0 radical (unpaired) electrons. The molecule has 0 aromatic carbocycles. The van der Waals surface area contributed by atoms with Crippen LogP contribution in [0.1, 0.15) is 29.0 Å². The van der Waals surface area contributed by atoms with E-state index < -0.39 is 24.3 Å². The Bertz CT molecular complexity index is 1040. The molecule has 3 atom stereocenters. The fourth-order valence-corrected chi connectivity index (χ4v) is 3.99. The Balaban J connectivity index is 0.000000317. The number of alkyl halides is 6. The number of carboxylic acid groups (broad SMARTS) is 2. The van der Waals surface area contributed by atoms with Crippen LogP contribution in [0.5, 0.6) is 0 Å². The van der Waals surface area contributed by atoms with Crippen LogP contribution in [0.4, 0.5) is 26.3 Å². The highest BCUT2D eigenvalue weighted by atomic mass is 19.4. The maximum Gasteiger partial charge on any atom is 0.490 e. The van der Waals surface area contributed by atoms with Gasteiger partial charge in [0.2, 0.25) is 0 Å². The van der Waals surface area contributed by atoms with Gasteiger partial charge in [-0.1, -0.05) is 0 Å². The van der Waals surface area contributed by atoms with Gasteiger partial charge in [-0.2, -0.15) is 26.3 Å². The largest absolute Gasteiger partial charge is 0.490 e. The second kappa shape index (κ2) is 13.9. The van der Waals surface area contributed by atoms with Crippen molar-refractivity contribution >= 4 is 17.8 Å². The number of carboxylic acids is 2. The van der Waals surface area contributed by atoms with E-state index >= 15 is 0 Å². The zero-order valence-electron chi connectivity index (χ0n) is 20.1. The average Bonchev–Trinajstić information content (AvgIpc) is 3.54. The van der Waals surface area contributed by atoms with Crippen LogP contribution >= 0.6 is 0 Å². The molecule has 1 saturated heterocycles. The summed E-state index contributed by atoms with van der Waals surface area (Å²) < 4.78 is 74.7. The number of hydrogen-bond donors (Lipinski definition) is 3. The fourth-order valence-electron chi connectivity index (χ4n) is 3.99. The van der Waals surface area contributed by atoms with Gasteiger partial charge < -0.3 is 24.7 Å². The summed E-state index contributed by atoms with van der Waals surface area (Å²) in [4.78, 5) is 36.5. The molecule has 0 bridgehead atoms. The number of ether oxygens (including phenoxy) is 1. The van der Waals surface area contributed by atoms with E-state index in [1.165, 1.54) is 11.8 Å². The molecule has 2 fully saturated rings. The van der Waals surface area contributed by atoms with Crippen molar-refractivity contribution in [1.82, 2.24) is 15.2 Å². The Labute approximate surface area is 217 Å². The van der Waals surface area contributed by atoms with Crippen LogP contribution in [0, 0.1) is 5.92 Å². The normalized spacial score (nSPS) is 20.9. The highest BCUT2D eigenvalue weighted by Crippen LogP contribution is 2.35. The lowest BCUT2D eigenvalue weighted by atomic mass is 10.0. The Hall–Kier alpha value is -3.66. The van der Waals surface area contributed by atoms with Gasteiger partial charge in [0, 0.05) is 44.0 Å². The van der Waals surface area contributed by atoms with Gasteiger partial charge in [0.1, 0.15) is 0 Å². The molecule has 39 heavy (non-hydrogen) atoms. The number of nitrogens with one attached hydrogen (secondary N) is 1. The van der Waals surface area contributed by atoms with E-state index in [-0.39, 0.29) is 12.0 Å². The third kappa shape index (κ3) is 10.2. The summed E-state index contributed by atoms with van der Waals surface area (Å²) in [5.74, 6) is -4.96. The Morgan fingerprint density at radius 3 is 2.10 bits per heavy atom. The van der Waals surface area contributed by atoms with Crippen LogP contribution in [0.3, 0.4) is 0 Å². The first kappa shape index (κ1) is 31.6. The van der Waals surface area contributed by atoms with Crippen LogP contribution in [-0.4, -0.2) is 82.1 Å². The Morgan fingerprint density at radius 2 is 1.59 bits per heavy atom. The molecule has 4 rings (SSSR count). The molecule has 3 unspecified atom stereocenters. The van der Waals surface area contributed by atoms with Crippen molar-refractivity contribution in [2.75, 3.05) is 19.7 Å². The molecule has 3 N–H and O–H groups in total. The second-order valence-corrected chi connectivity index (χ2v) is 8.36. The number of morpholine rings is 1. The number of hydrogen-bond acceptors (Lipinski definition) is 7. The Morgan fingerprint density at radius 1 is 1.00 bits per heavy atom. The maximum absolute atomic E-state index is 12.1. The van der Waals surface area contributed by atoms with Crippen LogP contribution in [0.15, 0.2) is 47.3 Å². The third-order valence-corrected chi connectivity index (χ3v) is 5.72. The van der Waals surface area contributed by atoms with Crippen LogP contribution in [0.2, 0.25) is 0 Å². The van der Waals surface area contributed by atoms with E-state index in [0.29, 0.717) is 24.3 Å². The number of amides is 1. The van der Waals surface area contributed by atoms with E-state index in [4.69, 9.17) is 29.0 Å². The number of furan rings is 1. The summed E-state index contributed by atoms with van der Waals surface area (Å²) in [5.41, 5.74) is 1.28. The minimum Gasteiger partial charge on any atom is -0.475 e. The minimum atomic E-state index is -5.08. The van der Waals surface area contributed by atoms with E-state index in [2.05, 4.69) is 27.3 Å². The maximum atomic E-state index is 12.1. The molecule has 16 heteroatoms. The van der Waals surface area contributed by atoms with Crippen molar-refractivity contribution in [2.24, 2.45) is 5.92 Å². The molecule has 1 saturated carbocycles. The van der Waals surface area contributed by atoms with Crippen LogP contribution in [-0.2, 0) is 20.9 Å². The smallest absolute Gasteiger partial charge is 0.475 e. The first-order valence-corrected chi connectivity index (χ1v) is 11.4. The zero-order valence-corrected chi connectivity index (χ0v) is 20.1. The molecule has 1 aliphatic carbocycles. The molecule has 216 valence electrons. The van der Waals surface area contributed by atoms with Crippen LogP contribution < -0.4 is 5.32 Å². The predicted octanol–water partition coefficient (Wildman–Crippen LogP) is 3.35. The molecule has 10 nitrogen and oxygen atoms in total. The number of pyridine rings is 1. The summed E-state index contributed by atoms with van der Waals surface area (Å²) in [6.07, 6.45) is -2.60. The molecule has 1 aliphatic heterocycles. The number of carbonyl (C=O) groups is 3. The van der Waals surface area contributed by atoms with E-state index in [1.807, 2.05) is 12.4 Å². The third-order valence-electron chi connectivity index (χ3n) is 5.72. The zero-order chi connectivity index (χ0) is 29.2. The van der Waals surface area contributed by atoms with Crippen LogP contribution in [0.25, 0.3) is 0 Å². The molecular weight excluding hydrogens is 544 g/mol. The number of halogens is 6. The van der Waals surface area contributed by atoms with Gasteiger partial charge in [-0.25, -0.2) is 9.59 Å². The molecule has 1 amide bonds. The van der Waals surface area contributed by atoms with Crippen molar-refractivity contribution in [1.29, 1.82) is 0 Å². The molecule has 2 aliphatic rings. The summed E-state index contributed by atoms with van der Waals surface area (Å²) in [6.45, 7) is 3.26. The number of aromatic nitrogens is 1. The van der Waals surface area contributed by atoms with Crippen molar-refractivity contribution in [3.05, 3.63) is 54.2 Å². The molecule has 2 aromatic heterocycles. The van der Waals surface area contributed by atoms with Gasteiger partial charge in [-0.05, 0) is 42.7 Å². The monoisotopic (exact) mass is 569 g/mol. The van der Waals surface area contributed by atoms with Gasteiger partial charge in [-0.15, -0.1) is 0 Å². The lowest BCUT2D eigenvalue weighted by Gasteiger charge is -2.39. The van der Waals surface area contributed by atoms with E-state index in [9.17, 15) is 31.1 Å². The van der Waals surface area contributed by atoms with Gasteiger partial charge in [0.05, 0.1) is 19.0 Å². The standard InChI is InChI=1S/C19H23N3O3.2C2HF3O2/c23-19(17-2-1-10-24-17)21-12-15-3-4-16-18(15)25-11-9-22(16)13-14-5-7-20-8-6-14;2*3-2(4,5)1(6)7/h1-2,5-8,10,15-16,18H,3-4,9,11-13H2,(H,21,23);2*(H,6,7). The van der Waals surface area contributed by atoms with Gasteiger partial charge >= 0.3 is 24.3 Å². The second-order valence-electron chi connectivity index (χ2n) is 8.36. The van der Waals surface area contributed by atoms with Gasteiger partial charge in [0.25, 0.3) is 5.91 Å². The first-order chi connectivity index (χ1) is 18.2. The lowest BCUT2D eigenvalue weighted by Crippen LogP contribution is -2.50. The lowest BCUT2D eigenvalue weighted by molar-refractivity contribution is -0.193. The number of fused-ring (bicyclic) bond motifs is 1.